The average molecular weight is 480 g/mol. The summed E-state index contributed by atoms with van der Waals surface area (Å²) in [4.78, 5) is 31.8. The SMILES string of the molecule is CCCCCCCCCCCC(=O)O.O=P(O)(O)O.OCC(O)C(O)C(O)C(O)CO. The van der Waals surface area contributed by atoms with Crippen molar-refractivity contribution in [2.75, 3.05) is 13.2 Å². The zero-order valence-electron chi connectivity index (χ0n) is 18.0. The molecule has 0 aromatic carbocycles. The van der Waals surface area contributed by atoms with Crippen LogP contribution in [0.5, 0.6) is 0 Å². The van der Waals surface area contributed by atoms with E-state index in [4.69, 9.17) is 55.0 Å². The maximum Gasteiger partial charge on any atom is 0.466 e. The number of phosphoric acid groups is 1. The van der Waals surface area contributed by atoms with Crippen LogP contribution in [0.25, 0.3) is 0 Å². The van der Waals surface area contributed by atoms with Crippen LogP contribution in [0, 0.1) is 0 Å². The van der Waals surface area contributed by atoms with Gasteiger partial charge in [-0.05, 0) is 6.42 Å². The first kappa shape index (κ1) is 34.9. The highest BCUT2D eigenvalue weighted by molar-refractivity contribution is 7.45. The molecule has 12 nitrogen and oxygen atoms in total. The van der Waals surface area contributed by atoms with Gasteiger partial charge in [0.25, 0.3) is 0 Å². The Bertz CT molecular complexity index is 423. The first-order valence-electron chi connectivity index (χ1n) is 10.3. The Morgan fingerprint density at radius 2 is 1.00 bits per heavy atom. The summed E-state index contributed by atoms with van der Waals surface area (Å²) >= 11 is 0. The van der Waals surface area contributed by atoms with Crippen molar-refractivity contribution in [3.8, 4) is 0 Å². The molecule has 0 aliphatic heterocycles. The van der Waals surface area contributed by atoms with Crippen LogP contribution >= 0.6 is 7.82 Å². The van der Waals surface area contributed by atoms with Gasteiger partial charge in [0.1, 0.15) is 24.4 Å². The normalized spacial score (nSPS) is 14.9. The Morgan fingerprint density at radius 1 is 0.710 bits per heavy atom. The minimum absolute atomic E-state index is 0.343. The van der Waals surface area contributed by atoms with Crippen LogP contribution < -0.4 is 0 Å². The first-order chi connectivity index (χ1) is 14.3. The van der Waals surface area contributed by atoms with E-state index >= 15 is 0 Å². The molecule has 0 radical (unpaired) electrons. The third-order valence-corrected chi connectivity index (χ3v) is 4.01. The van der Waals surface area contributed by atoms with E-state index in [2.05, 4.69) is 6.92 Å². The number of carbonyl (C=O) groups is 1. The highest BCUT2D eigenvalue weighted by Gasteiger charge is 2.29. The van der Waals surface area contributed by atoms with Crippen molar-refractivity contribution >= 4 is 13.8 Å². The molecule has 10 N–H and O–H groups in total. The molecule has 0 saturated heterocycles. The molecular weight excluding hydrogens is 439 g/mol. The zero-order chi connectivity index (χ0) is 24.9. The number of unbranched alkanes of at least 4 members (excludes halogenated alkanes) is 8. The zero-order valence-corrected chi connectivity index (χ0v) is 18.9. The average Bonchev–Trinajstić information content (AvgIpc) is 2.69. The van der Waals surface area contributed by atoms with Gasteiger partial charge in [-0.25, -0.2) is 4.57 Å². The van der Waals surface area contributed by atoms with Gasteiger partial charge in [0.05, 0.1) is 13.2 Å². The summed E-state index contributed by atoms with van der Waals surface area (Å²) in [6, 6.07) is 0. The van der Waals surface area contributed by atoms with Crippen molar-refractivity contribution in [2.24, 2.45) is 0 Å². The number of aliphatic hydroxyl groups is 6. The number of carboxylic acid groups (broad SMARTS) is 1. The molecule has 0 fully saturated rings. The molecule has 0 bridgehead atoms. The summed E-state index contributed by atoms with van der Waals surface area (Å²) in [5.74, 6) is -0.659. The number of hydrogen-bond acceptors (Lipinski definition) is 8. The number of carboxylic acids is 1. The van der Waals surface area contributed by atoms with Gasteiger partial charge in [-0.1, -0.05) is 58.3 Å². The van der Waals surface area contributed by atoms with E-state index in [-0.39, 0.29) is 0 Å². The van der Waals surface area contributed by atoms with Crippen LogP contribution in [0.4, 0.5) is 0 Å². The molecule has 31 heavy (non-hydrogen) atoms. The van der Waals surface area contributed by atoms with Crippen molar-refractivity contribution in [3.05, 3.63) is 0 Å². The van der Waals surface area contributed by atoms with Crippen LogP contribution in [0.3, 0.4) is 0 Å². The fraction of sp³-hybridized carbons (Fsp3) is 0.944. The minimum atomic E-state index is -4.64. The van der Waals surface area contributed by atoms with Crippen LogP contribution in [0.2, 0.25) is 0 Å². The maximum atomic E-state index is 10.2. The van der Waals surface area contributed by atoms with E-state index in [9.17, 15) is 4.79 Å². The molecule has 13 heteroatoms. The van der Waals surface area contributed by atoms with E-state index in [1.807, 2.05) is 0 Å². The van der Waals surface area contributed by atoms with E-state index in [0.717, 1.165) is 12.8 Å². The Kier molecular flexibility index (Phi) is 25.4. The molecule has 0 heterocycles. The van der Waals surface area contributed by atoms with Gasteiger partial charge in [0, 0.05) is 6.42 Å². The Morgan fingerprint density at radius 3 is 1.26 bits per heavy atom. The number of aliphatic hydroxyl groups excluding tert-OH is 6. The lowest BCUT2D eigenvalue weighted by Gasteiger charge is -2.24. The summed E-state index contributed by atoms with van der Waals surface area (Å²) in [5.41, 5.74) is 0. The molecule has 0 rings (SSSR count). The molecule has 0 aliphatic rings. The Balaban J connectivity index is -0.000000419. The van der Waals surface area contributed by atoms with Gasteiger partial charge in [0.2, 0.25) is 0 Å². The van der Waals surface area contributed by atoms with Crippen LogP contribution in [0.15, 0.2) is 0 Å². The molecule has 4 unspecified atom stereocenters. The van der Waals surface area contributed by atoms with E-state index in [0.29, 0.717) is 6.42 Å². The number of rotatable bonds is 15. The summed E-state index contributed by atoms with van der Waals surface area (Å²) < 4.78 is 8.88. The molecule has 0 amide bonds. The molecular formula is C18H41O12P. The summed E-state index contributed by atoms with van der Waals surface area (Å²) in [6.07, 6.45) is 5.09. The topological polar surface area (TPSA) is 236 Å². The molecule has 0 aliphatic carbocycles. The third-order valence-electron chi connectivity index (χ3n) is 4.01. The summed E-state index contributed by atoms with van der Waals surface area (Å²) in [5, 5.41) is 60.6. The standard InChI is InChI=1S/C12H24O2.C6H14O6.H3O4P/c1-2-3-4-5-6-7-8-9-10-11-12(13)14;7-1-3(9)5(11)6(12)4(10)2-8;1-5(2,3)4/h2-11H2,1H3,(H,13,14);3-12H,1-2H2;(H3,1,2,3,4). The van der Waals surface area contributed by atoms with E-state index in [1.165, 1.54) is 44.9 Å². The minimum Gasteiger partial charge on any atom is -0.481 e. The lowest BCUT2D eigenvalue weighted by atomic mass is 10.0. The van der Waals surface area contributed by atoms with Crippen molar-refractivity contribution in [3.63, 3.8) is 0 Å². The highest BCUT2D eigenvalue weighted by Crippen LogP contribution is 2.25. The number of hydrogen-bond donors (Lipinski definition) is 10. The van der Waals surface area contributed by atoms with Gasteiger partial charge in [-0.3, -0.25) is 4.79 Å². The van der Waals surface area contributed by atoms with E-state index in [1.54, 1.807) is 0 Å². The predicted molar refractivity (Wildman–Crippen MR) is 112 cm³/mol. The predicted octanol–water partition coefficient (Wildman–Crippen LogP) is -0.522. The van der Waals surface area contributed by atoms with Crippen LogP contribution in [-0.2, 0) is 9.36 Å². The van der Waals surface area contributed by atoms with E-state index < -0.39 is 51.4 Å². The molecule has 0 saturated carbocycles. The molecule has 4 atom stereocenters. The van der Waals surface area contributed by atoms with Crippen molar-refractivity contribution < 1.29 is 59.8 Å². The second kappa shape index (κ2) is 22.5. The third kappa shape index (κ3) is 31.6. The molecule has 0 spiro atoms. The summed E-state index contributed by atoms with van der Waals surface area (Å²) in [6.45, 7) is 0.776. The largest absolute Gasteiger partial charge is 0.481 e. The molecule has 190 valence electrons. The quantitative estimate of drug-likeness (QED) is 0.105. The van der Waals surface area contributed by atoms with Gasteiger partial charge < -0.3 is 50.4 Å². The molecule has 0 aromatic heterocycles. The lowest BCUT2D eigenvalue weighted by molar-refractivity contribution is -0.137. The first-order valence-corrected chi connectivity index (χ1v) is 11.8. The highest BCUT2D eigenvalue weighted by atomic mass is 31.2. The van der Waals surface area contributed by atoms with Gasteiger partial charge in [0.15, 0.2) is 0 Å². The van der Waals surface area contributed by atoms with Gasteiger partial charge >= 0.3 is 13.8 Å². The summed E-state index contributed by atoms with van der Waals surface area (Å²) in [7, 11) is -4.64. The Labute approximate surface area is 183 Å². The fourth-order valence-electron chi connectivity index (χ4n) is 2.26. The Hall–Kier alpha value is -0.660. The maximum absolute atomic E-state index is 10.2. The van der Waals surface area contributed by atoms with Crippen molar-refractivity contribution in [1.82, 2.24) is 0 Å². The van der Waals surface area contributed by atoms with Gasteiger partial charge in [-0.2, -0.15) is 0 Å². The van der Waals surface area contributed by atoms with Crippen LogP contribution in [-0.4, -0.2) is 94.0 Å². The smallest absolute Gasteiger partial charge is 0.466 e. The fourth-order valence-corrected chi connectivity index (χ4v) is 2.26. The molecule has 0 aromatic rings. The van der Waals surface area contributed by atoms with Crippen molar-refractivity contribution in [2.45, 2.75) is 95.5 Å². The van der Waals surface area contributed by atoms with Crippen LogP contribution in [0.1, 0.15) is 71.1 Å². The second-order valence-electron chi connectivity index (χ2n) is 6.97. The van der Waals surface area contributed by atoms with Crippen molar-refractivity contribution in [1.29, 1.82) is 0 Å². The lowest BCUT2D eigenvalue weighted by Crippen LogP contribution is -2.46. The van der Waals surface area contributed by atoms with Gasteiger partial charge in [-0.15, -0.1) is 0 Å². The monoisotopic (exact) mass is 480 g/mol. The number of aliphatic carboxylic acids is 1. The second-order valence-corrected chi connectivity index (χ2v) is 7.99.